The van der Waals surface area contributed by atoms with Gasteiger partial charge in [-0.1, -0.05) is 11.1 Å². The maximum atomic E-state index is 11.3. The van der Waals surface area contributed by atoms with Crippen molar-refractivity contribution in [2.75, 3.05) is 12.4 Å². The number of amides is 1. The van der Waals surface area contributed by atoms with E-state index in [9.17, 15) is 4.79 Å². The lowest BCUT2D eigenvalue weighted by Crippen LogP contribution is -2.33. The van der Waals surface area contributed by atoms with E-state index in [0.29, 0.717) is 12.4 Å². The van der Waals surface area contributed by atoms with Crippen LogP contribution in [0.4, 0.5) is 4.79 Å². The van der Waals surface area contributed by atoms with Crippen molar-refractivity contribution in [3.63, 3.8) is 0 Å². The largest absolute Gasteiger partial charge is 0.444 e. The molecule has 0 aliphatic carbocycles. The Bertz CT molecular complexity index is 254. The molecule has 0 saturated heterocycles. The molecule has 0 aromatic heterocycles. The first kappa shape index (κ1) is 14.3. The fourth-order valence-corrected chi connectivity index (χ4v) is 1.01. The molecule has 0 aliphatic rings. The number of alkyl halides is 1. The molecule has 0 spiro atoms. The van der Waals surface area contributed by atoms with Gasteiger partial charge in [0.15, 0.2) is 0 Å². The number of allylic oxidation sites excluding steroid dienone is 1. The molecule has 1 N–H and O–H groups in total. The molecule has 0 aromatic rings. The van der Waals surface area contributed by atoms with Gasteiger partial charge in [0, 0.05) is 12.4 Å². The number of hydrogen-bond acceptors (Lipinski definition) is 2. The van der Waals surface area contributed by atoms with Crippen molar-refractivity contribution in [3.8, 4) is 0 Å². The zero-order valence-corrected chi connectivity index (χ0v) is 10.9. The molecule has 3 nitrogen and oxygen atoms in total. The van der Waals surface area contributed by atoms with Crippen LogP contribution >= 0.6 is 11.6 Å². The first-order chi connectivity index (χ1) is 6.76. The third-order valence-corrected chi connectivity index (χ3v) is 2.23. The standard InChI is InChI=1S/C11H20ClNO2/c1-8(6-12)9(2)7-13-10(14)15-11(3,4)5/h6-7H2,1-5H3,(H,13,14)/b9-8+. The molecular weight excluding hydrogens is 214 g/mol. The van der Waals surface area contributed by atoms with Gasteiger partial charge >= 0.3 is 6.09 Å². The highest BCUT2D eigenvalue weighted by molar-refractivity contribution is 6.19. The van der Waals surface area contributed by atoms with Gasteiger partial charge in [0.1, 0.15) is 5.60 Å². The smallest absolute Gasteiger partial charge is 0.407 e. The molecule has 0 radical (unpaired) electrons. The first-order valence-electron chi connectivity index (χ1n) is 4.94. The van der Waals surface area contributed by atoms with Crippen molar-refractivity contribution < 1.29 is 9.53 Å². The Balaban J connectivity index is 4.03. The quantitative estimate of drug-likeness (QED) is 0.601. The number of carbonyl (C=O) groups is 1. The molecule has 15 heavy (non-hydrogen) atoms. The van der Waals surface area contributed by atoms with E-state index < -0.39 is 11.7 Å². The third kappa shape index (κ3) is 7.25. The molecule has 0 aromatic carbocycles. The van der Waals surface area contributed by atoms with Gasteiger partial charge in [0.05, 0.1) is 0 Å². The molecule has 88 valence electrons. The fourth-order valence-electron chi connectivity index (χ4n) is 0.784. The highest BCUT2D eigenvalue weighted by Gasteiger charge is 2.15. The minimum Gasteiger partial charge on any atom is -0.444 e. The lowest BCUT2D eigenvalue weighted by molar-refractivity contribution is 0.0532. The summed E-state index contributed by atoms with van der Waals surface area (Å²) in [5.41, 5.74) is 1.69. The maximum absolute atomic E-state index is 11.3. The molecule has 4 heteroatoms. The van der Waals surface area contributed by atoms with Crippen molar-refractivity contribution in [2.45, 2.75) is 40.2 Å². The van der Waals surface area contributed by atoms with Crippen LogP contribution < -0.4 is 5.32 Å². The third-order valence-electron chi connectivity index (χ3n) is 1.83. The Kier molecular flexibility index (Phi) is 5.73. The average molecular weight is 234 g/mol. The summed E-state index contributed by atoms with van der Waals surface area (Å²) >= 11 is 5.67. The topological polar surface area (TPSA) is 38.3 Å². The van der Waals surface area contributed by atoms with Crippen LogP contribution in [0, 0.1) is 0 Å². The zero-order chi connectivity index (χ0) is 12.1. The molecule has 0 aliphatic heterocycles. The predicted molar refractivity (Wildman–Crippen MR) is 63.3 cm³/mol. The lowest BCUT2D eigenvalue weighted by atomic mass is 10.2. The first-order valence-corrected chi connectivity index (χ1v) is 5.47. The SMILES string of the molecule is C/C(CCl)=C(/C)CNC(=O)OC(C)(C)C. The van der Waals surface area contributed by atoms with Gasteiger partial charge in [-0.2, -0.15) is 0 Å². The minimum atomic E-state index is -0.455. The van der Waals surface area contributed by atoms with Gasteiger partial charge in [0.25, 0.3) is 0 Å². The molecule has 0 rings (SSSR count). The van der Waals surface area contributed by atoms with Crippen LogP contribution in [0.1, 0.15) is 34.6 Å². The van der Waals surface area contributed by atoms with E-state index in [2.05, 4.69) is 5.32 Å². The van der Waals surface area contributed by atoms with Crippen molar-refractivity contribution >= 4 is 17.7 Å². The van der Waals surface area contributed by atoms with Crippen LogP contribution in [-0.4, -0.2) is 24.1 Å². The van der Waals surface area contributed by atoms with Crippen LogP contribution in [0.2, 0.25) is 0 Å². The normalized spacial score (nSPS) is 13.2. The van der Waals surface area contributed by atoms with Gasteiger partial charge < -0.3 is 10.1 Å². The van der Waals surface area contributed by atoms with Gasteiger partial charge in [0.2, 0.25) is 0 Å². The number of nitrogens with one attached hydrogen (secondary N) is 1. The molecular formula is C11H20ClNO2. The van der Waals surface area contributed by atoms with E-state index >= 15 is 0 Å². The second-order valence-electron chi connectivity index (χ2n) is 4.55. The predicted octanol–water partition coefficient (Wildman–Crippen LogP) is 3.09. The number of halogens is 1. The number of carbonyl (C=O) groups excluding carboxylic acids is 1. The number of hydrogen-bond donors (Lipinski definition) is 1. The van der Waals surface area contributed by atoms with Gasteiger partial charge in [-0.15, -0.1) is 11.6 Å². The lowest BCUT2D eigenvalue weighted by Gasteiger charge is -2.20. The van der Waals surface area contributed by atoms with E-state index in [1.54, 1.807) is 0 Å². The second-order valence-corrected chi connectivity index (χ2v) is 4.82. The summed E-state index contributed by atoms with van der Waals surface area (Å²) in [5, 5.41) is 2.68. The molecule has 0 saturated carbocycles. The Morgan fingerprint density at radius 2 is 1.80 bits per heavy atom. The highest BCUT2D eigenvalue weighted by Crippen LogP contribution is 2.07. The van der Waals surface area contributed by atoms with Gasteiger partial charge in [-0.25, -0.2) is 4.79 Å². The Morgan fingerprint density at radius 3 is 2.20 bits per heavy atom. The van der Waals surface area contributed by atoms with Crippen molar-refractivity contribution in [3.05, 3.63) is 11.1 Å². The summed E-state index contributed by atoms with van der Waals surface area (Å²) in [6.45, 7) is 9.86. The summed E-state index contributed by atoms with van der Waals surface area (Å²) in [6, 6.07) is 0. The summed E-state index contributed by atoms with van der Waals surface area (Å²) in [7, 11) is 0. The Labute approximate surface area is 96.8 Å². The van der Waals surface area contributed by atoms with E-state index in [0.717, 1.165) is 11.1 Å². The number of rotatable bonds is 3. The maximum Gasteiger partial charge on any atom is 0.407 e. The number of ether oxygens (including phenoxy) is 1. The zero-order valence-electron chi connectivity index (χ0n) is 10.1. The van der Waals surface area contributed by atoms with Crippen LogP contribution in [0.5, 0.6) is 0 Å². The van der Waals surface area contributed by atoms with Crippen LogP contribution in [0.25, 0.3) is 0 Å². The summed E-state index contributed by atoms with van der Waals surface area (Å²) in [5.74, 6) is 0.488. The Morgan fingerprint density at radius 1 is 1.27 bits per heavy atom. The monoisotopic (exact) mass is 233 g/mol. The van der Waals surface area contributed by atoms with Gasteiger partial charge in [-0.3, -0.25) is 0 Å². The van der Waals surface area contributed by atoms with E-state index in [1.807, 2.05) is 34.6 Å². The summed E-state index contributed by atoms with van der Waals surface area (Å²) in [4.78, 5) is 11.3. The van der Waals surface area contributed by atoms with Gasteiger partial charge in [-0.05, 0) is 34.6 Å². The van der Waals surface area contributed by atoms with Crippen molar-refractivity contribution in [2.24, 2.45) is 0 Å². The Hall–Kier alpha value is -0.700. The van der Waals surface area contributed by atoms with Crippen LogP contribution in [0.15, 0.2) is 11.1 Å². The van der Waals surface area contributed by atoms with E-state index in [1.165, 1.54) is 0 Å². The van der Waals surface area contributed by atoms with Crippen LogP contribution in [0.3, 0.4) is 0 Å². The summed E-state index contributed by atoms with van der Waals surface area (Å²) in [6.07, 6.45) is -0.399. The second kappa shape index (κ2) is 6.01. The molecule has 0 heterocycles. The molecule has 0 unspecified atom stereocenters. The molecule has 1 amide bonds. The van der Waals surface area contributed by atoms with Crippen molar-refractivity contribution in [1.29, 1.82) is 0 Å². The molecule has 0 bridgehead atoms. The fraction of sp³-hybridized carbons (Fsp3) is 0.727. The van der Waals surface area contributed by atoms with Crippen molar-refractivity contribution in [1.82, 2.24) is 5.32 Å². The molecule has 0 fully saturated rings. The average Bonchev–Trinajstić information content (AvgIpc) is 2.10. The van der Waals surface area contributed by atoms with Crippen LogP contribution in [-0.2, 0) is 4.74 Å². The molecule has 0 atom stereocenters. The van der Waals surface area contributed by atoms with E-state index in [4.69, 9.17) is 16.3 Å². The van der Waals surface area contributed by atoms with E-state index in [-0.39, 0.29) is 0 Å². The highest BCUT2D eigenvalue weighted by atomic mass is 35.5. The minimum absolute atomic E-state index is 0.399. The number of alkyl carbamates (subject to hydrolysis) is 1. The summed E-state index contributed by atoms with van der Waals surface area (Å²) < 4.78 is 5.10.